The van der Waals surface area contributed by atoms with E-state index in [9.17, 15) is 9.59 Å². The maximum Gasteiger partial charge on any atom is 0.255 e. The number of aromatic amines is 1. The SMILES string of the molecule is Cc1cnn([C@@H]2CCCN(C(=O)c3ccc(=O)[nH]c3)C2)c1. The number of hydrogen-bond donors (Lipinski definition) is 1. The summed E-state index contributed by atoms with van der Waals surface area (Å²) in [4.78, 5) is 27.9. The molecule has 6 heteroatoms. The molecule has 6 nitrogen and oxygen atoms in total. The Morgan fingerprint density at radius 2 is 2.29 bits per heavy atom. The van der Waals surface area contributed by atoms with Crippen molar-refractivity contribution in [3.8, 4) is 0 Å². The smallest absolute Gasteiger partial charge is 0.255 e. The van der Waals surface area contributed by atoms with Gasteiger partial charge >= 0.3 is 0 Å². The van der Waals surface area contributed by atoms with Crippen molar-refractivity contribution in [1.82, 2.24) is 19.7 Å². The van der Waals surface area contributed by atoms with E-state index in [0.717, 1.165) is 24.9 Å². The molecular weight excluding hydrogens is 268 g/mol. The summed E-state index contributed by atoms with van der Waals surface area (Å²) in [6.07, 6.45) is 7.31. The fourth-order valence-corrected chi connectivity index (χ4v) is 2.71. The number of H-pyrrole nitrogens is 1. The summed E-state index contributed by atoms with van der Waals surface area (Å²) in [6, 6.07) is 3.17. The zero-order chi connectivity index (χ0) is 14.8. The topological polar surface area (TPSA) is 71.0 Å². The Morgan fingerprint density at radius 1 is 1.43 bits per heavy atom. The second-order valence-corrected chi connectivity index (χ2v) is 5.49. The van der Waals surface area contributed by atoms with Gasteiger partial charge in [-0.2, -0.15) is 5.10 Å². The number of carbonyl (C=O) groups is 1. The molecule has 21 heavy (non-hydrogen) atoms. The summed E-state index contributed by atoms with van der Waals surface area (Å²) in [5, 5.41) is 4.35. The second-order valence-electron chi connectivity index (χ2n) is 5.49. The lowest BCUT2D eigenvalue weighted by atomic mass is 10.0. The van der Waals surface area contributed by atoms with Gasteiger partial charge < -0.3 is 9.88 Å². The monoisotopic (exact) mass is 286 g/mol. The summed E-state index contributed by atoms with van der Waals surface area (Å²) in [6.45, 7) is 3.41. The number of piperidine rings is 1. The van der Waals surface area contributed by atoms with Crippen molar-refractivity contribution in [2.45, 2.75) is 25.8 Å². The number of aromatic nitrogens is 3. The van der Waals surface area contributed by atoms with Crippen LogP contribution in [0.3, 0.4) is 0 Å². The van der Waals surface area contributed by atoms with E-state index in [1.54, 1.807) is 6.07 Å². The molecule has 0 aromatic carbocycles. The molecule has 1 N–H and O–H groups in total. The van der Waals surface area contributed by atoms with E-state index in [1.165, 1.54) is 12.3 Å². The van der Waals surface area contributed by atoms with Crippen molar-refractivity contribution >= 4 is 5.91 Å². The largest absolute Gasteiger partial charge is 0.336 e. The van der Waals surface area contributed by atoms with Gasteiger partial charge in [-0.15, -0.1) is 0 Å². The number of hydrogen-bond acceptors (Lipinski definition) is 3. The Hall–Kier alpha value is -2.37. The zero-order valence-corrected chi connectivity index (χ0v) is 12.0. The highest BCUT2D eigenvalue weighted by Crippen LogP contribution is 2.22. The molecule has 1 atom stereocenters. The summed E-state index contributed by atoms with van der Waals surface area (Å²) < 4.78 is 1.95. The molecule has 110 valence electrons. The number of likely N-dealkylation sites (tertiary alicyclic amines) is 1. The molecule has 0 saturated carbocycles. The van der Waals surface area contributed by atoms with Crippen LogP contribution in [0, 0.1) is 6.92 Å². The molecule has 3 rings (SSSR count). The Balaban J connectivity index is 1.75. The molecule has 0 unspecified atom stereocenters. The standard InChI is InChI=1S/C15H18N4O2/c1-11-7-17-19(9-11)13-3-2-6-18(10-13)15(21)12-4-5-14(20)16-8-12/h4-5,7-9,13H,2-3,6,10H2,1H3,(H,16,20)/t13-/m1/s1. The summed E-state index contributed by atoms with van der Waals surface area (Å²) in [7, 11) is 0. The van der Waals surface area contributed by atoms with Gasteiger partial charge in [0.05, 0.1) is 17.8 Å². The first-order valence-electron chi connectivity index (χ1n) is 7.12. The third kappa shape index (κ3) is 2.89. The first-order valence-corrected chi connectivity index (χ1v) is 7.12. The first kappa shape index (κ1) is 13.6. The van der Waals surface area contributed by atoms with E-state index < -0.39 is 0 Å². The second kappa shape index (κ2) is 5.55. The van der Waals surface area contributed by atoms with Crippen molar-refractivity contribution < 1.29 is 4.79 Å². The molecule has 3 heterocycles. The highest BCUT2D eigenvalue weighted by molar-refractivity contribution is 5.93. The van der Waals surface area contributed by atoms with Crippen LogP contribution in [-0.4, -0.2) is 38.7 Å². The van der Waals surface area contributed by atoms with E-state index >= 15 is 0 Å². The molecule has 1 fully saturated rings. The quantitative estimate of drug-likeness (QED) is 0.906. The third-order valence-corrected chi connectivity index (χ3v) is 3.82. The number of rotatable bonds is 2. The van der Waals surface area contributed by atoms with Gasteiger partial charge in [-0.25, -0.2) is 0 Å². The van der Waals surface area contributed by atoms with Crippen molar-refractivity contribution in [1.29, 1.82) is 0 Å². The maximum absolute atomic E-state index is 12.5. The van der Waals surface area contributed by atoms with Crippen LogP contribution in [-0.2, 0) is 0 Å². The summed E-state index contributed by atoms with van der Waals surface area (Å²) >= 11 is 0. The van der Waals surface area contributed by atoms with Gasteiger partial charge in [-0.1, -0.05) is 0 Å². The van der Waals surface area contributed by atoms with Crippen LogP contribution in [0.2, 0.25) is 0 Å². The Kier molecular flexibility index (Phi) is 3.60. The van der Waals surface area contributed by atoms with Gasteiger partial charge in [0.25, 0.3) is 5.91 Å². The van der Waals surface area contributed by atoms with Crippen molar-refractivity contribution in [2.75, 3.05) is 13.1 Å². The van der Waals surface area contributed by atoms with Crippen LogP contribution in [0.4, 0.5) is 0 Å². The minimum absolute atomic E-state index is 0.0418. The van der Waals surface area contributed by atoms with Gasteiger partial charge in [-0.05, 0) is 31.4 Å². The molecule has 2 aromatic rings. The van der Waals surface area contributed by atoms with Gasteiger partial charge in [0.2, 0.25) is 5.56 Å². The van der Waals surface area contributed by atoms with Gasteiger partial charge in [-0.3, -0.25) is 14.3 Å². The lowest BCUT2D eigenvalue weighted by Crippen LogP contribution is -2.41. The van der Waals surface area contributed by atoms with Crippen LogP contribution in [0.15, 0.2) is 35.5 Å². The van der Waals surface area contributed by atoms with Crippen LogP contribution in [0.5, 0.6) is 0 Å². The number of amides is 1. The van der Waals surface area contributed by atoms with Gasteiger partial charge in [0.1, 0.15) is 0 Å². The molecule has 2 aromatic heterocycles. The molecule has 1 amide bonds. The third-order valence-electron chi connectivity index (χ3n) is 3.82. The molecule has 0 radical (unpaired) electrons. The molecule has 0 spiro atoms. The molecule has 0 aliphatic carbocycles. The average Bonchev–Trinajstić information content (AvgIpc) is 2.94. The number of nitrogens with zero attached hydrogens (tertiary/aromatic N) is 3. The minimum atomic E-state index is -0.199. The zero-order valence-electron chi connectivity index (χ0n) is 12.0. The average molecular weight is 286 g/mol. The van der Waals surface area contributed by atoms with E-state index in [2.05, 4.69) is 10.1 Å². The summed E-state index contributed by atoms with van der Waals surface area (Å²) in [5.41, 5.74) is 1.45. The Morgan fingerprint density at radius 3 is 2.95 bits per heavy atom. The molecule has 1 aliphatic rings. The van der Waals surface area contributed by atoms with Crippen molar-refractivity contribution in [2.24, 2.45) is 0 Å². The van der Waals surface area contributed by atoms with Crippen LogP contribution in [0.25, 0.3) is 0 Å². The number of carbonyl (C=O) groups excluding carboxylic acids is 1. The molecule has 1 aliphatic heterocycles. The first-order chi connectivity index (χ1) is 10.1. The highest BCUT2D eigenvalue weighted by atomic mass is 16.2. The van der Waals surface area contributed by atoms with E-state index in [-0.39, 0.29) is 17.5 Å². The fourth-order valence-electron chi connectivity index (χ4n) is 2.71. The maximum atomic E-state index is 12.5. The van der Waals surface area contributed by atoms with Gasteiger partial charge in [0, 0.05) is 31.5 Å². The van der Waals surface area contributed by atoms with Crippen LogP contribution in [0.1, 0.15) is 34.8 Å². The van der Waals surface area contributed by atoms with Crippen LogP contribution < -0.4 is 5.56 Å². The number of aryl methyl sites for hydroxylation is 1. The van der Waals surface area contributed by atoms with Crippen molar-refractivity contribution in [3.05, 3.63) is 52.2 Å². The van der Waals surface area contributed by atoms with E-state index in [4.69, 9.17) is 0 Å². The van der Waals surface area contributed by atoms with E-state index in [1.807, 2.05) is 28.9 Å². The highest BCUT2D eigenvalue weighted by Gasteiger charge is 2.25. The number of pyridine rings is 1. The number of nitrogens with one attached hydrogen (secondary N) is 1. The normalized spacial score (nSPS) is 18.7. The Labute approximate surface area is 122 Å². The van der Waals surface area contributed by atoms with Crippen LogP contribution >= 0.6 is 0 Å². The minimum Gasteiger partial charge on any atom is -0.336 e. The Bertz CT molecular complexity index is 683. The predicted molar refractivity (Wildman–Crippen MR) is 78.2 cm³/mol. The molecular formula is C15H18N4O2. The van der Waals surface area contributed by atoms with Gasteiger partial charge in [0.15, 0.2) is 0 Å². The summed E-state index contributed by atoms with van der Waals surface area (Å²) in [5.74, 6) is -0.0418. The van der Waals surface area contributed by atoms with E-state index in [0.29, 0.717) is 12.1 Å². The lowest BCUT2D eigenvalue weighted by molar-refractivity contribution is 0.0672. The fraction of sp³-hybridized carbons (Fsp3) is 0.400. The predicted octanol–water partition coefficient (Wildman–Crippen LogP) is 1.36. The molecule has 1 saturated heterocycles. The lowest BCUT2D eigenvalue weighted by Gasteiger charge is -2.32. The molecule has 0 bridgehead atoms. The van der Waals surface area contributed by atoms with Crippen molar-refractivity contribution in [3.63, 3.8) is 0 Å².